The Hall–Kier alpha value is -2.52. The van der Waals surface area contributed by atoms with Gasteiger partial charge in [0.2, 0.25) is 10.0 Å². The average molecular weight is 376 g/mol. The van der Waals surface area contributed by atoms with E-state index in [0.717, 1.165) is 5.56 Å². The molecule has 0 aliphatic carbocycles. The molecule has 1 N–H and O–H groups in total. The number of hydrogen-bond acceptors (Lipinski definition) is 5. The zero-order valence-corrected chi connectivity index (χ0v) is 15.4. The van der Waals surface area contributed by atoms with Crippen molar-refractivity contribution in [2.24, 2.45) is 0 Å². The quantitative estimate of drug-likeness (QED) is 0.842. The van der Waals surface area contributed by atoms with E-state index < -0.39 is 10.0 Å². The minimum Gasteiger partial charge on any atom is -0.335 e. The Kier molecular flexibility index (Phi) is 4.92. The molecule has 26 heavy (non-hydrogen) atoms. The first-order valence-corrected chi connectivity index (χ1v) is 9.65. The van der Waals surface area contributed by atoms with E-state index in [9.17, 15) is 18.0 Å². The van der Waals surface area contributed by atoms with E-state index in [2.05, 4.69) is 10.2 Å². The van der Waals surface area contributed by atoms with Crippen LogP contribution in [0.5, 0.6) is 0 Å². The van der Waals surface area contributed by atoms with Gasteiger partial charge in [-0.25, -0.2) is 13.5 Å². The van der Waals surface area contributed by atoms with Gasteiger partial charge >= 0.3 is 0 Å². The summed E-state index contributed by atoms with van der Waals surface area (Å²) in [4.78, 5) is 25.3. The number of carbonyl (C=O) groups is 1. The van der Waals surface area contributed by atoms with Gasteiger partial charge in [-0.1, -0.05) is 17.7 Å². The number of sulfonamides is 1. The van der Waals surface area contributed by atoms with Crippen LogP contribution in [0.1, 0.15) is 21.6 Å². The fraction of sp³-hybridized carbons (Fsp3) is 0.353. The van der Waals surface area contributed by atoms with Crippen LogP contribution in [-0.4, -0.2) is 59.9 Å². The van der Waals surface area contributed by atoms with Crippen molar-refractivity contribution < 1.29 is 13.2 Å². The molecule has 0 spiro atoms. The molecule has 0 bridgehead atoms. The Morgan fingerprint density at radius 2 is 1.77 bits per heavy atom. The molecule has 1 aromatic heterocycles. The second kappa shape index (κ2) is 7.00. The molecule has 1 aromatic carbocycles. The summed E-state index contributed by atoms with van der Waals surface area (Å²) in [6.45, 7) is 4.66. The van der Waals surface area contributed by atoms with Crippen LogP contribution in [-0.2, 0) is 10.0 Å². The maximum Gasteiger partial charge on any atom is 0.274 e. The highest BCUT2D eigenvalue weighted by atomic mass is 32.2. The van der Waals surface area contributed by atoms with Gasteiger partial charge in [0.15, 0.2) is 0 Å². The predicted molar refractivity (Wildman–Crippen MR) is 95.4 cm³/mol. The van der Waals surface area contributed by atoms with Gasteiger partial charge in [0.05, 0.1) is 4.90 Å². The molecule has 2 aromatic rings. The molecule has 0 saturated carbocycles. The minimum atomic E-state index is -3.60. The number of aryl methyl sites for hydroxylation is 2. The summed E-state index contributed by atoms with van der Waals surface area (Å²) in [6, 6.07) is 7.85. The number of nitrogens with one attached hydrogen (secondary N) is 1. The third-order valence-corrected chi connectivity index (χ3v) is 6.43. The molecule has 3 rings (SSSR count). The summed E-state index contributed by atoms with van der Waals surface area (Å²) < 4.78 is 27.1. The number of aromatic amines is 1. The van der Waals surface area contributed by atoms with Crippen LogP contribution in [0.25, 0.3) is 0 Å². The monoisotopic (exact) mass is 376 g/mol. The molecule has 9 heteroatoms. The first-order chi connectivity index (χ1) is 12.3. The maximum absolute atomic E-state index is 12.9. The number of amides is 1. The van der Waals surface area contributed by atoms with Crippen molar-refractivity contribution in [3.05, 3.63) is 57.5 Å². The summed E-state index contributed by atoms with van der Waals surface area (Å²) in [7, 11) is -3.60. The highest BCUT2D eigenvalue weighted by molar-refractivity contribution is 7.89. The minimum absolute atomic E-state index is 0.135. The number of hydrogen-bond donors (Lipinski definition) is 1. The van der Waals surface area contributed by atoms with E-state index in [4.69, 9.17) is 0 Å². The molecule has 1 fully saturated rings. The molecule has 0 atom stereocenters. The highest BCUT2D eigenvalue weighted by Gasteiger charge is 2.31. The van der Waals surface area contributed by atoms with Crippen molar-refractivity contribution in [3.63, 3.8) is 0 Å². The van der Waals surface area contributed by atoms with Crippen LogP contribution in [0.4, 0.5) is 0 Å². The Labute approximate surface area is 151 Å². The van der Waals surface area contributed by atoms with Gasteiger partial charge in [-0.3, -0.25) is 9.59 Å². The van der Waals surface area contributed by atoms with Gasteiger partial charge in [0.1, 0.15) is 5.69 Å². The largest absolute Gasteiger partial charge is 0.335 e. The van der Waals surface area contributed by atoms with Crippen molar-refractivity contribution >= 4 is 15.9 Å². The van der Waals surface area contributed by atoms with Crippen LogP contribution in [0.2, 0.25) is 0 Å². The SMILES string of the molecule is Cc1ccc(S(=O)(=O)N2CCN(C(=O)c3ccc(=O)[nH]n3)CC2)c(C)c1. The number of H-pyrrole nitrogens is 1. The fourth-order valence-electron chi connectivity index (χ4n) is 2.98. The number of rotatable bonds is 3. The van der Waals surface area contributed by atoms with Crippen LogP contribution >= 0.6 is 0 Å². The summed E-state index contributed by atoms with van der Waals surface area (Å²) in [5.74, 6) is -0.329. The summed E-state index contributed by atoms with van der Waals surface area (Å²) >= 11 is 0. The van der Waals surface area contributed by atoms with Crippen molar-refractivity contribution in [1.82, 2.24) is 19.4 Å². The van der Waals surface area contributed by atoms with Gasteiger partial charge in [-0.2, -0.15) is 9.40 Å². The fourth-order valence-corrected chi connectivity index (χ4v) is 4.61. The Bertz CT molecular complexity index is 972. The highest BCUT2D eigenvalue weighted by Crippen LogP contribution is 2.22. The number of nitrogens with zero attached hydrogens (tertiary/aromatic N) is 3. The van der Waals surface area contributed by atoms with Gasteiger partial charge in [0, 0.05) is 32.2 Å². The Morgan fingerprint density at radius 3 is 2.35 bits per heavy atom. The van der Waals surface area contributed by atoms with Crippen LogP contribution in [0.3, 0.4) is 0 Å². The van der Waals surface area contributed by atoms with Gasteiger partial charge in [-0.05, 0) is 31.5 Å². The molecule has 1 amide bonds. The van der Waals surface area contributed by atoms with Crippen molar-refractivity contribution in [2.75, 3.05) is 26.2 Å². The second-order valence-corrected chi connectivity index (χ2v) is 8.18. The molecule has 2 heterocycles. The van der Waals surface area contributed by atoms with Crippen molar-refractivity contribution in [3.8, 4) is 0 Å². The predicted octanol–water partition coefficient (Wildman–Crippen LogP) is 0.533. The number of piperazine rings is 1. The molecule has 1 aliphatic rings. The molecule has 1 saturated heterocycles. The summed E-state index contributed by atoms with van der Waals surface area (Å²) in [5.41, 5.74) is 1.47. The van der Waals surface area contributed by atoms with Gasteiger partial charge in [-0.15, -0.1) is 0 Å². The average Bonchev–Trinajstić information content (AvgIpc) is 2.61. The third kappa shape index (κ3) is 3.54. The van der Waals surface area contributed by atoms with Gasteiger partial charge < -0.3 is 4.90 Å². The number of benzene rings is 1. The second-order valence-electron chi connectivity index (χ2n) is 6.27. The first-order valence-electron chi connectivity index (χ1n) is 8.21. The first kappa shape index (κ1) is 18.3. The molecule has 1 aliphatic heterocycles. The van der Waals surface area contributed by atoms with E-state index in [1.165, 1.54) is 21.3 Å². The van der Waals surface area contributed by atoms with Crippen LogP contribution in [0, 0.1) is 13.8 Å². The molecule has 0 radical (unpaired) electrons. The topological polar surface area (TPSA) is 103 Å². The Morgan fingerprint density at radius 1 is 1.08 bits per heavy atom. The molecule has 8 nitrogen and oxygen atoms in total. The number of carbonyl (C=O) groups excluding carboxylic acids is 1. The smallest absolute Gasteiger partial charge is 0.274 e. The molecular weight excluding hydrogens is 356 g/mol. The lowest BCUT2D eigenvalue weighted by molar-refractivity contribution is 0.0690. The number of aromatic nitrogens is 2. The third-order valence-electron chi connectivity index (χ3n) is 4.37. The Balaban J connectivity index is 1.72. The summed E-state index contributed by atoms with van der Waals surface area (Å²) in [5, 5.41) is 5.95. The van der Waals surface area contributed by atoms with Crippen molar-refractivity contribution in [2.45, 2.75) is 18.7 Å². The lowest BCUT2D eigenvalue weighted by atomic mass is 10.2. The lowest BCUT2D eigenvalue weighted by Gasteiger charge is -2.34. The zero-order chi connectivity index (χ0) is 18.9. The van der Waals surface area contributed by atoms with E-state index in [1.807, 2.05) is 13.0 Å². The van der Waals surface area contributed by atoms with E-state index in [1.54, 1.807) is 19.1 Å². The van der Waals surface area contributed by atoms with Crippen LogP contribution in [0.15, 0.2) is 40.0 Å². The molecule has 138 valence electrons. The van der Waals surface area contributed by atoms with Crippen LogP contribution < -0.4 is 5.56 Å². The van der Waals surface area contributed by atoms with Crippen molar-refractivity contribution in [1.29, 1.82) is 0 Å². The lowest BCUT2D eigenvalue weighted by Crippen LogP contribution is -2.50. The standard InChI is InChI=1S/C17H20N4O4S/c1-12-3-5-15(13(2)11-12)26(24,25)21-9-7-20(8-10-21)17(23)14-4-6-16(22)19-18-14/h3-6,11H,7-10H2,1-2H3,(H,19,22). The van der Waals surface area contributed by atoms with Gasteiger partial charge in [0.25, 0.3) is 11.5 Å². The molecular formula is C17H20N4O4S. The maximum atomic E-state index is 12.9. The summed E-state index contributed by atoms with van der Waals surface area (Å²) in [6.07, 6.45) is 0. The van der Waals surface area contributed by atoms with E-state index >= 15 is 0 Å². The van der Waals surface area contributed by atoms with E-state index in [-0.39, 0.29) is 43.3 Å². The normalized spacial score (nSPS) is 15.8. The molecule has 0 unspecified atom stereocenters. The zero-order valence-electron chi connectivity index (χ0n) is 14.6. The van der Waals surface area contributed by atoms with E-state index in [0.29, 0.717) is 10.5 Å².